The molecule has 0 saturated heterocycles. The van der Waals surface area contributed by atoms with Crippen LogP contribution in [0.15, 0.2) is 0 Å². The molecule has 0 spiro atoms. The van der Waals surface area contributed by atoms with Gasteiger partial charge in [0.05, 0.1) is 11.2 Å². The van der Waals surface area contributed by atoms with Gasteiger partial charge in [-0.25, -0.2) is 9.97 Å². The Morgan fingerprint density at radius 3 is 2.75 bits per heavy atom. The van der Waals surface area contributed by atoms with Gasteiger partial charge in [0.1, 0.15) is 11.6 Å². The van der Waals surface area contributed by atoms with Crippen molar-refractivity contribution in [2.45, 2.75) is 44.6 Å². The second-order valence-electron chi connectivity index (χ2n) is 5.37. The second kappa shape index (κ2) is 3.17. The average molecular weight is 218 g/mol. The number of fused-ring (bicyclic) bond motifs is 1. The molecule has 86 valence electrons. The van der Waals surface area contributed by atoms with Crippen molar-refractivity contribution >= 4 is 5.82 Å². The summed E-state index contributed by atoms with van der Waals surface area (Å²) in [6.45, 7) is 5.28. The summed E-state index contributed by atoms with van der Waals surface area (Å²) in [6.07, 6.45) is 3.37. The van der Waals surface area contributed by atoms with Gasteiger partial charge in [-0.05, 0) is 33.1 Å². The van der Waals surface area contributed by atoms with E-state index in [1.54, 1.807) is 0 Å². The number of anilines is 1. The maximum Gasteiger partial charge on any atom is 0.134 e. The Morgan fingerprint density at radius 2 is 2.06 bits per heavy atom. The first-order valence-electron chi connectivity index (χ1n) is 6.00. The monoisotopic (exact) mass is 218 g/mol. The van der Waals surface area contributed by atoms with E-state index in [4.69, 9.17) is 10.7 Å². The smallest absolute Gasteiger partial charge is 0.134 e. The number of nitrogens with two attached hydrogens (primary N) is 1. The number of nitrogens with one attached hydrogen (secondary N) is 1. The highest BCUT2D eigenvalue weighted by Gasteiger charge is 2.34. The summed E-state index contributed by atoms with van der Waals surface area (Å²) in [7, 11) is 0. The highest BCUT2D eigenvalue weighted by molar-refractivity contribution is 5.46. The molecule has 2 aliphatic rings. The number of hydrogen-bond acceptors (Lipinski definition) is 4. The summed E-state index contributed by atoms with van der Waals surface area (Å²) in [5.41, 5.74) is 8.23. The molecule has 1 saturated carbocycles. The molecule has 0 unspecified atom stereocenters. The Balaban J connectivity index is 2.14. The first-order valence-corrected chi connectivity index (χ1v) is 6.00. The van der Waals surface area contributed by atoms with Gasteiger partial charge in [-0.2, -0.15) is 0 Å². The molecule has 0 aromatic carbocycles. The van der Waals surface area contributed by atoms with Crippen LogP contribution in [-0.2, 0) is 12.0 Å². The van der Waals surface area contributed by atoms with E-state index < -0.39 is 0 Å². The van der Waals surface area contributed by atoms with Crippen LogP contribution in [-0.4, -0.2) is 16.5 Å². The van der Waals surface area contributed by atoms with Gasteiger partial charge in [0, 0.05) is 18.0 Å². The van der Waals surface area contributed by atoms with E-state index >= 15 is 0 Å². The summed E-state index contributed by atoms with van der Waals surface area (Å²) in [6, 6.07) is 0. The predicted octanol–water partition coefficient (Wildman–Crippen LogP) is 1.32. The van der Waals surface area contributed by atoms with Gasteiger partial charge >= 0.3 is 0 Å². The van der Waals surface area contributed by atoms with Crippen LogP contribution in [0.3, 0.4) is 0 Å². The predicted molar refractivity (Wildman–Crippen MR) is 63.2 cm³/mol. The minimum atomic E-state index is -0.0751. The molecule has 1 aliphatic heterocycles. The minimum absolute atomic E-state index is 0.0751. The third kappa shape index (κ3) is 1.48. The Hall–Kier alpha value is -1.16. The van der Waals surface area contributed by atoms with Gasteiger partial charge in [-0.1, -0.05) is 0 Å². The SMILES string of the molecule is CC1(C)NCCc2c(N)nc(C3CC3)nc21. The molecule has 2 heterocycles. The van der Waals surface area contributed by atoms with Gasteiger partial charge in [-0.3, -0.25) is 0 Å². The highest BCUT2D eigenvalue weighted by Crippen LogP contribution is 2.40. The van der Waals surface area contributed by atoms with Crippen LogP contribution in [0.4, 0.5) is 5.82 Å². The molecule has 1 fully saturated rings. The lowest BCUT2D eigenvalue weighted by Gasteiger charge is -2.33. The molecule has 3 N–H and O–H groups in total. The summed E-state index contributed by atoms with van der Waals surface area (Å²) in [5, 5.41) is 3.48. The van der Waals surface area contributed by atoms with Crippen LogP contribution in [0.2, 0.25) is 0 Å². The topological polar surface area (TPSA) is 63.8 Å². The van der Waals surface area contributed by atoms with Crippen LogP contribution in [0.1, 0.15) is 49.7 Å². The van der Waals surface area contributed by atoms with Crippen molar-refractivity contribution in [2.24, 2.45) is 0 Å². The summed E-state index contributed by atoms with van der Waals surface area (Å²) in [4.78, 5) is 9.19. The number of aromatic nitrogens is 2. The van der Waals surface area contributed by atoms with Crippen LogP contribution in [0.25, 0.3) is 0 Å². The molecule has 0 radical (unpaired) electrons. The third-order valence-electron chi connectivity index (χ3n) is 3.53. The lowest BCUT2D eigenvalue weighted by molar-refractivity contribution is 0.368. The second-order valence-corrected chi connectivity index (χ2v) is 5.37. The van der Waals surface area contributed by atoms with Crippen LogP contribution in [0.5, 0.6) is 0 Å². The van der Waals surface area contributed by atoms with E-state index in [1.807, 2.05) is 0 Å². The molecule has 4 heteroatoms. The van der Waals surface area contributed by atoms with Crippen LogP contribution < -0.4 is 11.1 Å². The number of nitrogen functional groups attached to an aromatic ring is 1. The Labute approximate surface area is 95.7 Å². The Bertz CT molecular complexity index is 435. The molecular weight excluding hydrogens is 200 g/mol. The fourth-order valence-corrected chi connectivity index (χ4v) is 2.39. The molecule has 4 nitrogen and oxygen atoms in total. The van der Waals surface area contributed by atoms with E-state index in [2.05, 4.69) is 24.1 Å². The lowest BCUT2D eigenvalue weighted by atomic mass is 9.90. The number of nitrogens with zero attached hydrogens (tertiary/aromatic N) is 2. The largest absolute Gasteiger partial charge is 0.383 e. The van der Waals surface area contributed by atoms with Crippen molar-refractivity contribution in [3.05, 3.63) is 17.1 Å². The van der Waals surface area contributed by atoms with Crippen LogP contribution >= 0.6 is 0 Å². The molecule has 0 amide bonds. The van der Waals surface area contributed by atoms with Crippen molar-refractivity contribution in [3.8, 4) is 0 Å². The van der Waals surface area contributed by atoms with Gasteiger partial charge in [0.25, 0.3) is 0 Å². The average Bonchev–Trinajstić information content (AvgIpc) is 3.02. The minimum Gasteiger partial charge on any atom is -0.383 e. The van der Waals surface area contributed by atoms with E-state index in [1.165, 1.54) is 12.8 Å². The normalized spacial score (nSPS) is 22.9. The zero-order valence-electron chi connectivity index (χ0n) is 9.88. The van der Waals surface area contributed by atoms with Crippen molar-refractivity contribution in [2.75, 3.05) is 12.3 Å². The van der Waals surface area contributed by atoms with Crippen molar-refractivity contribution in [1.82, 2.24) is 15.3 Å². The summed E-state index contributed by atoms with van der Waals surface area (Å²) < 4.78 is 0. The molecule has 1 aromatic rings. The Kier molecular flexibility index (Phi) is 1.98. The van der Waals surface area contributed by atoms with Crippen LogP contribution in [0, 0.1) is 0 Å². The molecule has 0 atom stereocenters. The maximum atomic E-state index is 6.05. The summed E-state index contributed by atoms with van der Waals surface area (Å²) in [5.74, 6) is 2.21. The maximum absolute atomic E-state index is 6.05. The molecular formula is C12H18N4. The fourth-order valence-electron chi connectivity index (χ4n) is 2.39. The van der Waals surface area contributed by atoms with Gasteiger partial charge in [-0.15, -0.1) is 0 Å². The van der Waals surface area contributed by atoms with Gasteiger partial charge < -0.3 is 11.1 Å². The molecule has 1 aliphatic carbocycles. The Morgan fingerprint density at radius 1 is 1.31 bits per heavy atom. The van der Waals surface area contributed by atoms with E-state index in [0.29, 0.717) is 11.7 Å². The van der Waals surface area contributed by atoms with Crippen molar-refractivity contribution in [1.29, 1.82) is 0 Å². The van der Waals surface area contributed by atoms with E-state index in [-0.39, 0.29) is 5.54 Å². The quantitative estimate of drug-likeness (QED) is 0.746. The van der Waals surface area contributed by atoms with Gasteiger partial charge in [0.15, 0.2) is 0 Å². The highest BCUT2D eigenvalue weighted by atomic mass is 15.1. The van der Waals surface area contributed by atoms with Gasteiger partial charge in [0.2, 0.25) is 0 Å². The van der Waals surface area contributed by atoms with E-state index in [9.17, 15) is 0 Å². The number of hydrogen-bond donors (Lipinski definition) is 2. The number of rotatable bonds is 1. The fraction of sp³-hybridized carbons (Fsp3) is 0.667. The van der Waals surface area contributed by atoms with Crippen molar-refractivity contribution < 1.29 is 0 Å². The van der Waals surface area contributed by atoms with E-state index in [0.717, 1.165) is 30.0 Å². The third-order valence-corrected chi connectivity index (χ3v) is 3.53. The zero-order chi connectivity index (χ0) is 11.3. The molecule has 1 aromatic heterocycles. The molecule has 0 bridgehead atoms. The first-order chi connectivity index (χ1) is 7.58. The van der Waals surface area contributed by atoms with Crippen molar-refractivity contribution in [3.63, 3.8) is 0 Å². The molecule has 16 heavy (non-hydrogen) atoms. The summed E-state index contributed by atoms with van der Waals surface area (Å²) >= 11 is 0. The standard InChI is InChI=1S/C12H18N4/c1-12(2)9-8(5-6-14-12)10(13)16-11(15-9)7-3-4-7/h7,14H,3-6H2,1-2H3,(H2,13,15,16). The lowest BCUT2D eigenvalue weighted by Crippen LogP contribution is -2.44. The molecule has 3 rings (SSSR count). The zero-order valence-corrected chi connectivity index (χ0v) is 9.88. The first kappa shape index (κ1) is 10.0.